The molecule has 0 spiro atoms. The molecular formula is C11H14FN2O4+. The van der Waals surface area contributed by atoms with Crippen molar-refractivity contribution in [1.29, 1.82) is 0 Å². The van der Waals surface area contributed by atoms with Crippen LogP contribution in [0.15, 0.2) is 24.5 Å². The first-order chi connectivity index (χ1) is 8.54. The molecule has 1 aliphatic heterocycles. The fraction of sp³-hybridized carbons (Fsp3) is 0.455. The van der Waals surface area contributed by atoms with Gasteiger partial charge in [0.15, 0.2) is 12.4 Å². The third-order valence-corrected chi connectivity index (χ3v) is 2.87. The molecule has 0 radical (unpaired) electrons. The van der Waals surface area contributed by atoms with E-state index in [9.17, 15) is 14.3 Å². The summed E-state index contributed by atoms with van der Waals surface area (Å²) in [4.78, 5) is 11.0. The van der Waals surface area contributed by atoms with Crippen LogP contribution in [0.5, 0.6) is 0 Å². The lowest BCUT2D eigenvalue weighted by Gasteiger charge is -2.08. The largest absolute Gasteiger partial charge is 0.394 e. The molecule has 2 rings (SSSR count). The van der Waals surface area contributed by atoms with Gasteiger partial charge in [0, 0.05) is 6.07 Å². The number of aliphatic hydroxyl groups excluding tert-OH is 2. The minimum absolute atomic E-state index is 0.204. The van der Waals surface area contributed by atoms with Gasteiger partial charge >= 0.3 is 0 Å². The molecule has 1 aliphatic rings. The zero-order valence-electron chi connectivity index (χ0n) is 9.44. The number of rotatable bonds is 3. The van der Waals surface area contributed by atoms with Gasteiger partial charge in [0.1, 0.15) is 17.8 Å². The smallest absolute Gasteiger partial charge is 0.297 e. The number of hydrogen-bond acceptors (Lipinski definition) is 4. The molecule has 7 heteroatoms. The molecule has 1 saturated heterocycles. The Morgan fingerprint density at radius 1 is 1.61 bits per heavy atom. The van der Waals surface area contributed by atoms with E-state index in [4.69, 9.17) is 15.6 Å². The second kappa shape index (κ2) is 4.97. The predicted octanol–water partition coefficient (Wildman–Crippen LogP) is -1.34. The first-order valence-electron chi connectivity index (χ1n) is 5.43. The quantitative estimate of drug-likeness (QED) is 0.584. The van der Waals surface area contributed by atoms with E-state index in [1.54, 1.807) is 0 Å². The molecule has 1 unspecified atom stereocenters. The van der Waals surface area contributed by atoms with Gasteiger partial charge in [-0.25, -0.2) is 4.39 Å². The molecule has 6 nitrogen and oxygen atoms in total. The third kappa shape index (κ3) is 2.20. The van der Waals surface area contributed by atoms with E-state index in [1.165, 1.54) is 29.1 Å². The Balaban J connectivity index is 2.27. The minimum Gasteiger partial charge on any atom is -0.394 e. The number of primary amides is 1. The molecule has 1 aromatic heterocycles. The van der Waals surface area contributed by atoms with E-state index < -0.39 is 37.1 Å². The molecule has 4 N–H and O–H groups in total. The number of aliphatic hydroxyl groups is 2. The normalized spacial score (nSPS) is 31.5. The molecule has 1 fully saturated rings. The van der Waals surface area contributed by atoms with Crippen LogP contribution in [0, 0.1) is 0 Å². The summed E-state index contributed by atoms with van der Waals surface area (Å²) < 4.78 is 20.3. The number of aromatic nitrogens is 1. The predicted molar refractivity (Wildman–Crippen MR) is 57.1 cm³/mol. The summed E-state index contributed by atoms with van der Waals surface area (Å²) >= 11 is 0. The number of hydrogen-bond donors (Lipinski definition) is 3. The Morgan fingerprint density at radius 3 is 2.89 bits per heavy atom. The molecule has 18 heavy (non-hydrogen) atoms. The number of amides is 1. The maximum absolute atomic E-state index is 13.8. The average molecular weight is 257 g/mol. The standard InChI is InChI=1S/C11H13FN2O4/c12-8-9(16)7(5-15)18-11(8)14-3-1-2-6(4-14)10(13)17/h1-4,7-9,11,15-16H,5H2,(H-,13,17)/p+1/t7-,8?,9+,11-/m1/s1. The van der Waals surface area contributed by atoms with Crippen molar-refractivity contribution in [1.82, 2.24) is 0 Å². The highest BCUT2D eigenvalue weighted by molar-refractivity contribution is 5.92. The molecule has 0 bridgehead atoms. The van der Waals surface area contributed by atoms with Gasteiger partial charge in [-0.2, -0.15) is 4.57 Å². The molecule has 98 valence electrons. The summed E-state index contributed by atoms with van der Waals surface area (Å²) in [6, 6.07) is 3.01. The summed E-state index contributed by atoms with van der Waals surface area (Å²) in [5, 5.41) is 18.4. The number of nitrogens with two attached hydrogens (primary N) is 1. The van der Waals surface area contributed by atoms with Crippen LogP contribution >= 0.6 is 0 Å². The van der Waals surface area contributed by atoms with Crippen LogP contribution < -0.4 is 10.3 Å². The fourth-order valence-electron chi connectivity index (χ4n) is 1.89. The van der Waals surface area contributed by atoms with E-state index in [1.807, 2.05) is 0 Å². The molecule has 1 aromatic rings. The Morgan fingerprint density at radius 2 is 2.33 bits per heavy atom. The van der Waals surface area contributed by atoms with Crippen LogP contribution in [-0.2, 0) is 4.74 Å². The first-order valence-corrected chi connectivity index (χ1v) is 5.43. The van der Waals surface area contributed by atoms with Crippen LogP contribution in [0.25, 0.3) is 0 Å². The second-order valence-electron chi connectivity index (χ2n) is 4.09. The molecule has 1 amide bonds. The van der Waals surface area contributed by atoms with Gasteiger partial charge < -0.3 is 20.7 Å². The number of pyridine rings is 1. The summed E-state index contributed by atoms with van der Waals surface area (Å²) in [5.74, 6) is -0.642. The number of halogens is 1. The van der Waals surface area contributed by atoms with Gasteiger partial charge in [0.05, 0.1) is 6.61 Å². The second-order valence-corrected chi connectivity index (χ2v) is 4.09. The molecule has 2 heterocycles. The van der Waals surface area contributed by atoms with Crippen LogP contribution in [0.3, 0.4) is 0 Å². The topological polar surface area (TPSA) is 96.7 Å². The highest BCUT2D eigenvalue weighted by atomic mass is 19.1. The summed E-state index contributed by atoms with van der Waals surface area (Å²) in [5.41, 5.74) is 5.32. The summed E-state index contributed by atoms with van der Waals surface area (Å²) in [6.07, 6.45) is -2.31. The highest BCUT2D eigenvalue weighted by Gasteiger charge is 2.49. The van der Waals surface area contributed by atoms with E-state index >= 15 is 0 Å². The van der Waals surface area contributed by atoms with E-state index in [2.05, 4.69) is 0 Å². The van der Waals surface area contributed by atoms with Gasteiger partial charge in [-0.1, -0.05) is 0 Å². The van der Waals surface area contributed by atoms with Crippen LogP contribution in [0.4, 0.5) is 4.39 Å². The van der Waals surface area contributed by atoms with Crippen molar-refractivity contribution < 1.29 is 28.7 Å². The van der Waals surface area contributed by atoms with Gasteiger partial charge in [-0.15, -0.1) is 0 Å². The number of ether oxygens (including phenoxy) is 1. The molecule has 0 saturated carbocycles. The van der Waals surface area contributed by atoms with Crippen molar-refractivity contribution >= 4 is 5.91 Å². The fourth-order valence-corrected chi connectivity index (χ4v) is 1.89. The average Bonchev–Trinajstić information content (AvgIpc) is 2.66. The molecular weight excluding hydrogens is 243 g/mol. The Hall–Kier alpha value is -1.57. The number of alkyl halides is 1. The number of nitrogens with zero attached hydrogens (tertiary/aromatic N) is 1. The maximum Gasteiger partial charge on any atom is 0.297 e. The lowest BCUT2D eigenvalue weighted by atomic mass is 10.1. The maximum atomic E-state index is 13.8. The Labute approximate surface area is 102 Å². The third-order valence-electron chi connectivity index (χ3n) is 2.87. The van der Waals surface area contributed by atoms with Crippen LogP contribution in [0.2, 0.25) is 0 Å². The summed E-state index contributed by atoms with van der Waals surface area (Å²) in [7, 11) is 0. The zero-order chi connectivity index (χ0) is 13.3. The number of carbonyl (C=O) groups is 1. The van der Waals surface area contributed by atoms with Gasteiger partial charge in [-0.3, -0.25) is 4.79 Å². The number of carbonyl (C=O) groups excluding carboxylic acids is 1. The molecule has 0 aliphatic carbocycles. The van der Waals surface area contributed by atoms with Gasteiger partial charge in [0.25, 0.3) is 12.1 Å². The van der Waals surface area contributed by atoms with Crippen molar-refractivity contribution in [3.8, 4) is 0 Å². The van der Waals surface area contributed by atoms with Crippen molar-refractivity contribution in [2.75, 3.05) is 6.61 Å². The minimum atomic E-state index is -1.68. The lowest BCUT2D eigenvalue weighted by Crippen LogP contribution is -2.45. The monoisotopic (exact) mass is 257 g/mol. The lowest BCUT2D eigenvalue weighted by molar-refractivity contribution is -0.764. The van der Waals surface area contributed by atoms with E-state index in [-0.39, 0.29) is 5.56 Å². The summed E-state index contributed by atoms with van der Waals surface area (Å²) in [6.45, 7) is -0.478. The molecule has 0 aromatic carbocycles. The van der Waals surface area contributed by atoms with E-state index in [0.717, 1.165) is 0 Å². The zero-order valence-corrected chi connectivity index (χ0v) is 9.44. The van der Waals surface area contributed by atoms with Crippen LogP contribution in [0.1, 0.15) is 16.6 Å². The first kappa shape index (κ1) is 12.9. The Kier molecular flexibility index (Phi) is 3.55. The Bertz CT molecular complexity index is 456. The van der Waals surface area contributed by atoms with Crippen molar-refractivity contribution in [2.45, 2.75) is 24.6 Å². The van der Waals surface area contributed by atoms with E-state index in [0.29, 0.717) is 0 Å². The van der Waals surface area contributed by atoms with Crippen molar-refractivity contribution in [2.24, 2.45) is 5.73 Å². The van der Waals surface area contributed by atoms with Gasteiger partial charge in [0.2, 0.25) is 6.17 Å². The van der Waals surface area contributed by atoms with Crippen molar-refractivity contribution in [3.63, 3.8) is 0 Å². The highest BCUT2D eigenvalue weighted by Crippen LogP contribution is 2.27. The van der Waals surface area contributed by atoms with Crippen LogP contribution in [-0.4, -0.2) is 41.1 Å². The SMILES string of the molecule is NC(=O)c1ccc[n+]([C@@H]2O[C@H](CO)[C@H](O)C2F)c1. The van der Waals surface area contributed by atoms with Crippen molar-refractivity contribution in [3.05, 3.63) is 30.1 Å². The molecule has 4 atom stereocenters. The van der Waals surface area contributed by atoms with Gasteiger partial charge in [-0.05, 0) is 6.07 Å².